The van der Waals surface area contributed by atoms with Crippen LogP contribution in [0.1, 0.15) is 26.2 Å². The number of rotatable bonds is 6. The van der Waals surface area contributed by atoms with Crippen molar-refractivity contribution in [1.82, 2.24) is 0 Å². The molecule has 0 aliphatic carbocycles. The standard InChI is InChI=1S/C12H16INO2/c1-2-3-4-11(12(15)16)14-10-7-5-9(13)6-8-10/h5-8,11,14H,2-4H2,1H3,(H,15,16). The van der Waals surface area contributed by atoms with E-state index in [1.165, 1.54) is 0 Å². The van der Waals surface area contributed by atoms with Crippen LogP contribution in [0.4, 0.5) is 5.69 Å². The van der Waals surface area contributed by atoms with Gasteiger partial charge in [0.05, 0.1) is 0 Å². The van der Waals surface area contributed by atoms with Crippen LogP contribution in [0.15, 0.2) is 24.3 Å². The summed E-state index contributed by atoms with van der Waals surface area (Å²) in [6.07, 6.45) is 2.60. The van der Waals surface area contributed by atoms with Crippen LogP contribution >= 0.6 is 22.6 Å². The van der Waals surface area contributed by atoms with Crippen molar-refractivity contribution in [3.05, 3.63) is 27.8 Å². The Labute approximate surface area is 109 Å². The van der Waals surface area contributed by atoms with E-state index in [0.717, 1.165) is 22.1 Å². The van der Waals surface area contributed by atoms with Crippen molar-refractivity contribution in [3.63, 3.8) is 0 Å². The molecule has 0 saturated carbocycles. The van der Waals surface area contributed by atoms with Gasteiger partial charge in [-0.15, -0.1) is 0 Å². The Balaban J connectivity index is 2.60. The van der Waals surface area contributed by atoms with Gasteiger partial charge >= 0.3 is 5.97 Å². The fraction of sp³-hybridized carbons (Fsp3) is 0.417. The fourth-order valence-corrected chi connectivity index (χ4v) is 1.77. The Hall–Kier alpha value is -0.780. The maximum Gasteiger partial charge on any atom is 0.326 e. The summed E-state index contributed by atoms with van der Waals surface area (Å²) in [7, 11) is 0. The predicted octanol–water partition coefficient (Wildman–Crippen LogP) is 3.35. The van der Waals surface area contributed by atoms with Crippen molar-refractivity contribution in [3.8, 4) is 0 Å². The molecule has 1 atom stereocenters. The first-order valence-corrected chi connectivity index (χ1v) is 6.46. The number of carboxylic acid groups (broad SMARTS) is 1. The maximum absolute atomic E-state index is 11.0. The number of carboxylic acids is 1. The molecule has 0 bridgehead atoms. The maximum atomic E-state index is 11.0. The topological polar surface area (TPSA) is 49.3 Å². The van der Waals surface area contributed by atoms with Crippen molar-refractivity contribution >= 4 is 34.2 Å². The molecular weight excluding hydrogens is 317 g/mol. The summed E-state index contributed by atoms with van der Waals surface area (Å²) in [5.41, 5.74) is 0.865. The van der Waals surface area contributed by atoms with Gasteiger partial charge in [-0.1, -0.05) is 19.8 Å². The van der Waals surface area contributed by atoms with Gasteiger partial charge in [-0.2, -0.15) is 0 Å². The number of unbranched alkanes of at least 4 members (excludes halogenated alkanes) is 1. The van der Waals surface area contributed by atoms with E-state index < -0.39 is 12.0 Å². The van der Waals surface area contributed by atoms with Crippen LogP contribution in [-0.2, 0) is 4.79 Å². The Morgan fingerprint density at radius 2 is 2.06 bits per heavy atom. The van der Waals surface area contributed by atoms with Gasteiger partial charge in [-0.25, -0.2) is 4.79 Å². The van der Waals surface area contributed by atoms with Gasteiger partial charge < -0.3 is 10.4 Å². The summed E-state index contributed by atoms with van der Waals surface area (Å²) in [5, 5.41) is 12.1. The number of hydrogen-bond donors (Lipinski definition) is 2. The van der Waals surface area contributed by atoms with Crippen molar-refractivity contribution in [2.75, 3.05) is 5.32 Å². The first kappa shape index (κ1) is 13.3. The lowest BCUT2D eigenvalue weighted by atomic mass is 10.1. The third-order valence-electron chi connectivity index (χ3n) is 2.33. The summed E-state index contributed by atoms with van der Waals surface area (Å²) in [6.45, 7) is 2.06. The average Bonchev–Trinajstić information content (AvgIpc) is 2.26. The number of benzene rings is 1. The summed E-state index contributed by atoms with van der Waals surface area (Å²) >= 11 is 2.22. The van der Waals surface area contributed by atoms with Gasteiger partial charge in [0.25, 0.3) is 0 Å². The second kappa shape index (κ2) is 6.73. The minimum Gasteiger partial charge on any atom is -0.480 e. The SMILES string of the molecule is CCCCC(Nc1ccc(I)cc1)C(=O)O. The quantitative estimate of drug-likeness (QED) is 0.785. The molecule has 0 saturated heterocycles. The summed E-state index contributed by atoms with van der Waals surface area (Å²) in [6, 6.07) is 7.25. The van der Waals surface area contributed by atoms with E-state index in [0.29, 0.717) is 6.42 Å². The third-order valence-corrected chi connectivity index (χ3v) is 3.05. The van der Waals surface area contributed by atoms with E-state index in [4.69, 9.17) is 5.11 Å². The predicted molar refractivity (Wildman–Crippen MR) is 73.7 cm³/mol. The second-order valence-corrected chi connectivity index (χ2v) is 4.93. The zero-order valence-corrected chi connectivity index (χ0v) is 11.4. The average molecular weight is 333 g/mol. The molecule has 4 heteroatoms. The molecule has 3 nitrogen and oxygen atoms in total. The molecule has 88 valence electrons. The number of anilines is 1. The van der Waals surface area contributed by atoms with Crippen molar-refractivity contribution in [2.45, 2.75) is 32.2 Å². The number of aliphatic carboxylic acids is 1. The molecule has 0 aliphatic heterocycles. The lowest BCUT2D eigenvalue weighted by Gasteiger charge is -2.15. The van der Waals surface area contributed by atoms with E-state index in [9.17, 15) is 4.79 Å². The number of hydrogen-bond acceptors (Lipinski definition) is 2. The van der Waals surface area contributed by atoms with E-state index in [1.807, 2.05) is 24.3 Å². The Morgan fingerprint density at radius 3 is 2.56 bits per heavy atom. The van der Waals surface area contributed by atoms with Crippen LogP contribution in [0, 0.1) is 3.57 Å². The molecule has 0 aromatic heterocycles. The Kier molecular flexibility index (Phi) is 5.59. The zero-order valence-electron chi connectivity index (χ0n) is 9.24. The molecule has 1 aromatic carbocycles. The lowest BCUT2D eigenvalue weighted by Crippen LogP contribution is -2.29. The summed E-state index contributed by atoms with van der Waals surface area (Å²) in [4.78, 5) is 11.0. The number of halogens is 1. The second-order valence-electron chi connectivity index (χ2n) is 3.68. The summed E-state index contributed by atoms with van der Waals surface area (Å²) in [5.74, 6) is -0.785. The van der Waals surface area contributed by atoms with Crippen LogP contribution in [0.2, 0.25) is 0 Å². The molecule has 0 radical (unpaired) electrons. The first-order chi connectivity index (χ1) is 7.63. The minimum absolute atomic E-state index is 0.486. The Bertz CT molecular complexity index is 337. The molecule has 1 rings (SSSR count). The Morgan fingerprint density at radius 1 is 1.44 bits per heavy atom. The van der Waals surface area contributed by atoms with Gasteiger partial charge in [-0.05, 0) is 53.3 Å². The van der Waals surface area contributed by atoms with Crippen molar-refractivity contribution in [2.24, 2.45) is 0 Å². The smallest absolute Gasteiger partial charge is 0.326 e. The molecule has 1 unspecified atom stereocenters. The zero-order chi connectivity index (χ0) is 12.0. The largest absolute Gasteiger partial charge is 0.480 e. The van der Waals surface area contributed by atoms with Gasteiger partial charge in [0.1, 0.15) is 6.04 Å². The molecule has 0 fully saturated rings. The van der Waals surface area contributed by atoms with Crippen molar-refractivity contribution in [1.29, 1.82) is 0 Å². The van der Waals surface area contributed by atoms with Gasteiger partial charge in [-0.3, -0.25) is 0 Å². The van der Waals surface area contributed by atoms with Crippen LogP contribution < -0.4 is 5.32 Å². The molecule has 2 N–H and O–H groups in total. The van der Waals surface area contributed by atoms with Crippen molar-refractivity contribution < 1.29 is 9.90 Å². The first-order valence-electron chi connectivity index (χ1n) is 5.38. The molecule has 16 heavy (non-hydrogen) atoms. The van der Waals surface area contributed by atoms with E-state index in [2.05, 4.69) is 34.8 Å². The normalized spacial score (nSPS) is 12.1. The molecule has 0 aliphatic rings. The lowest BCUT2D eigenvalue weighted by molar-refractivity contribution is -0.138. The van der Waals surface area contributed by atoms with Gasteiger partial charge in [0.15, 0.2) is 0 Å². The molecule has 0 heterocycles. The van der Waals surface area contributed by atoms with Gasteiger partial charge in [0, 0.05) is 9.26 Å². The highest BCUT2D eigenvalue weighted by Gasteiger charge is 2.15. The van der Waals surface area contributed by atoms with E-state index in [1.54, 1.807) is 0 Å². The highest BCUT2D eigenvalue weighted by atomic mass is 127. The highest BCUT2D eigenvalue weighted by Crippen LogP contribution is 2.14. The highest BCUT2D eigenvalue weighted by molar-refractivity contribution is 14.1. The van der Waals surface area contributed by atoms with Crippen LogP contribution in [0.3, 0.4) is 0 Å². The third kappa shape index (κ3) is 4.38. The molecule has 1 aromatic rings. The van der Waals surface area contributed by atoms with Gasteiger partial charge in [0.2, 0.25) is 0 Å². The van der Waals surface area contributed by atoms with Crippen LogP contribution in [0.5, 0.6) is 0 Å². The monoisotopic (exact) mass is 333 g/mol. The number of carbonyl (C=O) groups is 1. The number of nitrogens with one attached hydrogen (secondary N) is 1. The van der Waals surface area contributed by atoms with Crippen LogP contribution in [0.25, 0.3) is 0 Å². The van der Waals surface area contributed by atoms with E-state index >= 15 is 0 Å². The molecule has 0 spiro atoms. The molecule has 0 amide bonds. The van der Waals surface area contributed by atoms with Crippen LogP contribution in [-0.4, -0.2) is 17.1 Å². The molecular formula is C12H16INO2. The summed E-state index contributed by atoms with van der Waals surface area (Å²) < 4.78 is 1.14. The minimum atomic E-state index is -0.785. The van der Waals surface area contributed by atoms with E-state index in [-0.39, 0.29) is 0 Å². The fourth-order valence-electron chi connectivity index (χ4n) is 1.41.